The second-order valence-corrected chi connectivity index (χ2v) is 2.89. The molecule has 0 atom stereocenters. The van der Waals surface area contributed by atoms with Crippen molar-refractivity contribution in [2.45, 2.75) is 12.8 Å². The highest BCUT2D eigenvalue weighted by Crippen LogP contribution is 2.08. The van der Waals surface area contributed by atoms with Crippen molar-refractivity contribution in [1.29, 1.82) is 0 Å². The molecule has 0 aliphatic carbocycles. The molecule has 0 spiro atoms. The van der Waals surface area contributed by atoms with E-state index < -0.39 is 0 Å². The number of nitrogens with zero attached hydrogens (tertiary/aromatic N) is 1. The second kappa shape index (κ2) is 3.74. The lowest BCUT2D eigenvalue weighted by Crippen LogP contribution is -2.22. The van der Waals surface area contributed by atoms with Crippen molar-refractivity contribution in [3.05, 3.63) is 12.2 Å². The van der Waals surface area contributed by atoms with Gasteiger partial charge in [0.05, 0.1) is 6.61 Å². The van der Waals surface area contributed by atoms with Gasteiger partial charge < -0.3 is 5.11 Å². The van der Waals surface area contributed by atoms with Gasteiger partial charge in [-0.1, -0.05) is 6.58 Å². The Hall–Kier alpha value is -0.340. The molecule has 1 N–H and O–H groups in total. The molecule has 58 valence electrons. The number of likely N-dealkylation sites (tertiary alicyclic amines) is 1. The quantitative estimate of drug-likeness (QED) is 0.583. The fourth-order valence-corrected chi connectivity index (χ4v) is 1.31. The fourth-order valence-electron chi connectivity index (χ4n) is 1.31. The van der Waals surface area contributed by atoms with E-state index in [1.54, 1.807) is 0 Å². The monoisotopic (exact) mass is 141 g/mol. The van der Waals surface area contributed by atoms with E-state index in [4.69, 9.17) is 5.11 Å². The molecule has 0 aromatic heterocycles. The first-order valence-corrected chi connectivity index (χ1v) is 3.83. The van der Waals surface area contributed by atoms with Crippen LogP contribution in [0.15, 0.2) is 12.2 Å². The van der Waals surface area contributed by atoms with E-state index in [0.29, 0.717) is 0 Å². The van der Waals surface area contributed by atoms with Gasteiger partial charge in [0.1, 0.15) is 0 Å². The van der Waals surface area contributed by atoms with Crippen molar-refractivity contribution < 1.29 is 5.11 Å². The lowest BCUT2D eigenvalue weighted by molar-refractivity contribution is 0.299. The smallest absolute Gasteiger partial charge is 0.0651 e. The Balaban J connectivity index is 2.17. The molecule has 1 heterocycles. The normalized spacial score (nSPS) is 19.7. The lowest BCUT2D eigenvalue weighted by Gasteiger charge is -2.14. The summed E-state index contributed by atoms with van der Waals surface area (Å²) in [5.41, 5.74) is 0.932. The van der Waals surface area contributed by atoms with E-state index >= 15 is 0 Å². The Morgan fingerprint density at radius 1 is 1.40 bits per heavy atom. The predicted molar refractivity (Wildman–Crippen MR) is 41.9 cm³/mol. The third-order valence-electron chi connectivity index (χ3n) is 1.87. The van der Waals surface area contributed by atoms with Crippen LogP contribution in [0.1, 0.15) is 12.8 Å². The van der Waals surface area contributed by atoms with Crippen molar-refractivity contribution in [2.75, 3.05) is 26.2 Å². The summed E-state index contributed by atoms with van der Waals surface area (Å²) in [7, 11) is 0. The molecular weight excluding hydrogens is 126 g/mol. The topological polar surface area (TPSA) is 23.5 Å². The molecule has 0 amide bonds. The summed E-state index contributed by atoms with van der Waals surface area (Å²) in [6.45, 7) is 7.13. The Kier molecular flexibility index (Phi) is 2.90. The summed E-state index contributed by atoms with van der Waals surface area (Å²) < 4.78 is 0. The van der Waals surface area contributed by atoms with Gasteiger partial charge in [0.15, 0.2) is 0 Å². The second-order valence-electron chi connectivity index (χ2n) is 2.89. The molecule has 10 heavy (non-hydrogen) atoms. The highest BCUT2D eigenvalue weighted by Gasteiger charge is 2.11. The number of aliphatic hydroxyl groups is 1. The van der Waals surface area contributed by atoms with Gasteiger partial charge in [-0.05, 0) is 31.5 Å². The number of rotatable bonds is 3. The Bertz CT molecular complexity index is 116. The molecular formula is C8H15NO. The van der Waals surface area contributed by atoms with Crippen LogP contribution in [0.3, 0.4) is 0 Å². The predicted octanol–water partition coefficient (Wildman–Crippen LogP) is 0.631. The average Bonchev–Trinajstić information content (AvgIpc) is 2.40. The molecule has 0 radical (unpaired) electrons. The molecule has 1 aliphatic heterocycles. The average molecular weight is 141 g/mol. The van der Waals surface area contributed by atoms with Gasteiger partial charge in [0.25, 0.3) is 0 Å². The van der Waals surface area contributed by atoms with E-state index in [9.17, 15) is 0 Å². The van der Waals surface area contributed by atoms with Crippen LogP contribution in [0.5, 0.6) is 0 Å². The number of hydrogen-bond donors (Lipinski definition) is 1. The molecule has 1 aliphatic rings. The third-order valence-corrected chi connectivity index (χ3v) is 1.87. The first-order valence-electron chi connectivity index (χ1n) is 3.83. The molecule has 2 heteroatoms. The van der Waals surface area contributed by atoms with Crippen LogP contribution >= 0.6 is 0 Å². The highest BCUT2D eigenvalue weighted by molar-refractivity contribution is 4.97. The maximum absolute atomic E-state index is 8.67. The van der Waals surface area contributed by atoms with E-state index in [2.05, 4.69) is 11.5 Å². The minimum atomic E-state index is 0.135. The Morgan fingerprint density at radius 2 is 2.00 bits per heavy atom. The van der Waals surface area contributed by atoms with Crippen LogP contribution in [0.2, 0.25) is 0 Å². The van der Waals surface area contributed by atoms with Crippen LogP contribution in [0.25, 0.3) is 0 Å². The van der Waals surface area contributed by atoms with E-state index in [1.807, 2.05) is 0 Å². The lowest BCUT2D eigenvalue weighted by atomic mass is 10.3. The van der Waals surface area contributed by atoms with Crippen molar-refractivity contribution in [1.82, 2.24) is 4.90 Å². The van der Waals surface area contributed by atoms with Crippen LogP contribution in [-0.4, -0.2) is 36.2 Å². The largest absolute Gasteiger partial charge is 0.392 e. The molecule has 0 aromatic rings. The van der Waals surface area contributed by atoms with Crippen LogP contribution < -0.4 is 0 Å². The minimum absolute atomic E-state index is 0.135. The maximum atomic E-state index is 8.67. The molecule has 1 fully saturated rings. The van der Waals surface area contributed by atoms with Gasteiger partial charge in [-0.25, -0.2) is 0 Å². The van der Waals surface area contributed by atoms with E-state index in [1.165, 1.54) is 25.9 Å². The summed E-state index contributed by atoms with van der Waals surface area (Å²) in [5, 5.41) is 8.67. The Labute approximate surface area is 62.2 Å². The van der Waals surface area contributed by atoms with Gasteiger partial charge in [0.2, 0.25) is 0 Å². The van der Waals surface area contributed by atoms with Crippen molar-refractivity contribution >= 4 is 0 Å². The van der Waals surface area contributed by atoms with Crippen LogP contribution in [0, 0.1) is 0 Å². The summed E-state index contributed by atoms with van der Waals surface area (Å²) in [4.78, 5) is 2.33. The molecule has 0 aromatic carbocycles. The van der Waals surface area contributed by atoms with Crippen LogP contribution in [-0.2, 0) is 0 Å². The molecule has 1 saturated heterocycles. The van der Waals surface area contributed by atoms with E-state index in [0.717, 1.165) is 12.1 Å². The maximum Gasteiger partial charge on any atom is 0.0651 e. The molecule has 0 bridgehead atoms. The van der Waals surface area contributed by atoms with Gasteiger partial charge in [-0.3, -0.25) is 4.90 Å². The third kappa shape index (κ3) is 2.12. The SMILES string of the molecule is C=C(CO)CN1CCCC1. The first kappa shape index (κ1) is 7.76. The summed E-state index contributed by atoms with van der Waals surface area (Å²) >= 11 is 0. The molecule has 1 rings (SSSR count). The number of aliphatic hydroxyl groups excluding tert-OH is 1. The van der Waals surface area contributed by atoms with Gasteiger partial charge in [-0.15, -0.1) is 0 Å². The zero-order valence-corrected chi connectivity index (χ0v) is 6.34. The molecule has 0 saturated carbocycles. The minimum Gasteiger partial charge on any atom is -0.392 e. The highest BCUT2D eigenvalue weighted by atomic mass is 16.3. The van der Waals surface area contributed by atoms with Crippen molar-refractivity contribution in [3.8, 4) is 0 Å². The molecule has 2 nitrogen and oxygen atoms in total. The first-order chi connectivity index (χ1) is 4.83. The fraction of sp³-hybridized carbons (Fsp3) is 0.750. The van der Waals surface area contributed by atoms with Crippen molar-refractivity contribution in [3.63, 3.8) is 0 Å². The molecule has 0 unspecified atom stereocenters. The van der Waals surface area contributed by atoms with Gasteiger partial charge in [-0.2, -0.15) is 0 Å². The summed E-state index contributed by atoms with van der Waals surface area (Å²) in [6, 6.07) is 0. The van der Waals surface area contributed by atoms with Crippen molar-refractivity contribution in [2.24, 2.45) is 0 Å². The van der Waals surface area contributed by atoms with Gasteiger partial charge >= 0.3 is 0 Å². The van der Waals surface area contributed by atoms with Gasteiger partial charge in [0, 0.05) is 6.54 Å². The zero-order valence-electron chi connectivity index (χ0n) is 6.34. The Morgan fingerprint density at radius 3 is 2.50 bits per heavy atom. The zero-order chi connectivity index (χ0) is 7.40. The summed E-state index contributed by atoms with van der Waals surface area (Å²) in [6.07, 6.45) is 2.61. The van der Waals surface area contributed by atoms with Crippen LogP contribution in [0.4, 0.5) is 0 Å². The number of hydrogen-bond acceptors (Lipinski definition) is 2. The van der Waals surface area contributed by atoms with E-state index in [-0.39, 0.29) is 6.61 Å². The standard InChI is InChI=1S/C8H15NO/c1-8(7-10)6-9-4-2-3-5-9/h10H,1-7H2. The summed E-state index contributed by atoms with van der Waals surface area (Å²) in [5.74, 6) is 0.